The van der Waals surface area contributed by atoms with Gasteiger partial charge in [0.1, 0.15) is 22.4 Å². The number of amides is 2. The minimum Gasteiger partial charge on any atom is -0.497 e. The number of anilines is 1. The number of carbonyl (C=O) groups is 2. The molecule has 0 bridgehead atoms. The molecular formula is C29H27N3O3S. The summed E-state index contributed by atoms with van der Waals surface area (Å²) in [4.78, 5) is 28.2. The summed E-state index contributed by atoms with van der Waals surface area (Å²) < 4.78 is 5.23. The first-order valence-corrected chi connectivity index (χ1v) is 12.5. The lowest BCUT2D eigenvalue weighted by Gasteiger charge is -2.19. The molecule has 36 heavy (non-hydrogen) atoms. The molecule has 0 aromatic heterocycles. The highest BCUT2D eigenvalue weighted by atomic mass is 32.2. The predicted octanol–water partition coefficient (Wildman–Crippen LogP) is 4.79. The first-order chi connectivity index (χ1) is 17.5. The number of carbonyl (C=O) groups excluding carboxylic acids is 2. The standard InChI is InChI=1S/C29H27N3O3S/c1-20-8-12-23(13-9-20)32-28(34)26(18-22-10-14-24(35-2)15-11-22)36-29(32)25(19-30)27(33)31-17-16-21-6-4-3-5-7-21/h3-15,26H,16-18H2,1-2H3,(H,31,33)/b29-25+/t26-/m0/s1. The zero-order chi connectivity index (χ0) is 25.5. The molecule has 1 heterocycles. The van der Waals surface area contributed by atoms with Gasteiger partial charge in [-0.15, -0.1) is 0 Å². The number of nitrogens with zero attached hydrogens (tertiary/aromatic N) is 2. The fourth-order valence-corrected chi connectivity index (χ4v) is 5.25. The molecule has 0 radical (unpaired) electrons. The molecule has 7 heteroatoms. The molecule has 3 aromatic carbocycles. The maximum absolute atomic E-state index is 13.6. The number of nitriles is 1. The lowest BCUT2D eigenvalue weighted by Crippen LogP contribution is -2.32. The number of hydrogen-bond donors (Lipinski definition) is 1. The van der Waals surface area contributed by atoms with Crippen molar-refractivity contribution in [3.8, 4) is 11.8 Å². The van der Waals surface area contributed by atoms with Crippen molar-refractivity contribution >= 4 is 29.3 Å². The Kier molecular flexibility index (Phi) is 8.09. The Morgan fingerprint density at radius 3 is 2.36 bits per heavy atom. The van der Waals surface area contributed by atoms with Crippen LogP contribution in [0.25, 0.3) is 0 Å². The fraction of sp³-hybridized carbons (Fsp3) is 0.207. The molecule has 2 amide bonds. The van der Waals surface area contributed by atoms with E-state index in [2.05, 4.69) is 11.4 Å². The molecule has 0 aliphatic carbocycles. The van der Waals surface area contributed by atoms with Crippen molar-refractivity contribution in [3.63, 3.8) is 0 Å². The van der Waals surface area contributed by atoms with Gasteiger partial charge in [-0.25, -0.2) is 0 Å². The molecule has 1 aliphatic heterocycles. The highest BCUT2D eigenvalue weighted by Gasteiger charge is 2.40. The van der Waals surface area contributed by atoms with Crippen LogP contribution in [0, 0.1) is 18.3 Å². The molecular weight excluding hydrogens is 470 g/mol. The molecule has 1 saturated heterocycles. The maximum atomic E-state index is 13.6. The summed E-state index contributed by atoms with van der Waals surface area (Å²) in [5.74, 6) is 0.107. The molecule has 1 fully saturated rings. The second kappa shape index (κ2) is 11.6. The SMILES string of the molecule is COc1ccc(C[C@@H]2S/C(=C(\C#N)C(=O)NCCc3ccccc3)N(c3ccc(C)cc3)C2=O)cc1. The highest BCUT2D eigenvalue weighted by molar-refractivity contribution is 8.05. The Morgan fingerprint density at radius 1 is 1.03 bits per heavy atom. The van der Waals surface area contributed by atoms with Crippen molar-refractivity contribution in [2.24, 2.45) is 0 Å². The van der Waals surface area contributed by atoms with Crippen molar-refractivity contribution < 1.29 is 14.3 Å². The topological polar surface area (TPSA) is 82.4 Å². The predicted molar refractivity (Wildman–Crippen MR) is 143 cm³/mol. The van der Waals surface area contributed by atoms with E-state index in [0.29, 0.717) is 30.1 Å². The number of nitrogens with one attached hydrogen (secondary N) is 1. The van der Waals surface area contributed by atoms with Crippen LogP contribution in [0.15, 0.2) is 89.5 Å². The Bertz CT molecular complexity index is 1300. The normalized spacial score (nSPS) is 16.4. The Balaban J connectivity index is 1.60. The van der Waals surface area contributed by atoms with Crippen molar-refractivity contribution in [1.29, 1.82) is 5.26 Å². The van der Waals surface area contributed by atoms with Gasteiger partial charge < -0.3 is 10.1 Å². The van der Waals surface area contributed by atoms with Gasteiger partial charge in [0, 0.05) is 12.2 Å². The quantitative estimate of drug-likeness (QED) is 0.358. The van der Waals surface area contributed by atoms with Crippen LogP contribution in [0.1, 0.15) is 16.7 Å². The van der Waals surface area contributed by atoms with Gasteiger partial charge in [0.05, 0.1) is 12.4 Å². The summed E-state index contributed by atoms with van der Waals surface area (Å²) >= 11 is 1.26. The van der Waals surface area contributed by atoms with Crippen LogP contribution in [0.4, 0.5) is 5.69 Å². The molecule has 0 unspecified atom stereocenters. The van der Waals surface area contributed by atoms with Gasteiger partial charge >= 0.3 is 0 Å². The molecule has 6 nitrogen and oxygen atoms in total. The Labute approximate surface area is 215 Å². The minimum absolute atomic E-state index is 0.0563. The van der Waals surface area contributed by atoms with Gasteiger partial charge in [0.2, 0.25) is 5.91 Å². The molecule has 3 aromatic rings. The molecule has 182 valence electrons. The number of aryl methyl sites for hydroxylation is 1. The van der Waals surface area contributed by atoms with E-state index in [-0.39, 0.29) is 11.5 Å². The van der Waals surface area contributed by atoms with Gasteiger partial charge in [-0.2, -0.15) is 5.26 Å². The lowest BCUT2D eigenvalue weighted by molar-refractivity contribution is -0.117. The second-order valence-corrected chi connectivity index (χ2v) is 9.64. The monoisotopic (exact) mass is 497 g/mol. The zero-order valence-electron chi connectivity index (χ0n) is 20.2. The number of hydrogen-bond acceptors (Lipinski definition) is 5. The zero-order valence-corrected chi connectivity index (χ0v) is 21.0. The first kappa shape index (κ1) is 25.1. The highest BCUT2D eigenvalue weighted by Crippen LogP contribution is 2.42. The van der Waals surface area contributed by atoms with Crippen LogP contribution in [-0.2, 0) is 22.4 Å². The van der Waals surface area contributed by atoms with E-state index >= 15 is 0 Å². The molecule has 0 spiro atoms. The maximum Gasteiger partial charge on any atom is 0.264 e. The Hall–Kier alpha value is -4.02. The third-order valence-electron chi connectivity index (χ3n) is 5.92. The van der Waals surface area contributed by atoms with Gasteiger partial charge in [-0.1, -0.05) is 71.9 Å². The van der Waals surface area contributed by atoms with E-state index < -0.39 is 11.2 Å². The third-order valence-corrected chi connectivity index (χ3v) is 7.18. The number of thioether (sulfide) groups is 1. The summed E-state index contributed by atoms with van der Waals surface area (Å²) in [5, 5.41) is 12.7. The number of methoxy groups -OCH3 is 1. The van der Waals surface area contributed by atoms with E-state index in [9.17, 15) is 14.9 Å². The van der Waals surface area contributed by atoms with Crippen molar-refractivity contribution in [3.05, 3.63) is 106 Å². The molecule has 1 N–H and O–H groups in total. The van der Waals surface area contributed by atoms with Crippen LogP contribution in [0.3, 0.4) is 0 Å². The molecule has 0 saturated carbocycles. The van der Waals surface area contributed by atoms with Gasteiger partial charge in [0.15, 0.2) is 0 Å². The van der Waals surface area contributed by atoms with E-state index in [1.54, 1.807) is 7.11 Å². The molecule has 4 rings (SSSR count). The lowest BCUT2D eigenvalue weighted by atomic mass is 10.1. The minimum atomic E-state index is -0.481. The summed E-state index contributed by atoms with van der Waals surface area (Å²) in [7, 11) is 1.61. The van der Waals surface area contributed by atoms with E-state index in [0.717, 1.165) is 22.4 Å². The van der Waals surface area contributed by atoms with Crippen LogP contribution < -0.4 is 15.0 Å². The van der Waals surface area contributed by atoms with Crippen molar-refractivity contribution in [1.82, 2.24) is 5.32 Å². The second-order valence-electron chi connectivity index (χ2n) is 8.45. The smallest absolute Gasteiger partial charge is 0.264 e. The average molecular weight is 498 g/mol. The van der Waals surface area contributed by atoms with Gasteiger partial charge in [-0.05, 0) is 55.2 Å². The van der Waals surface area contributed by atoms with E-state index in [4.69, 9.17) is 4.74 Å². The number of rotatable bonds is 8. The third kappa shape index (κ3) is 5.78. The summed E-state index contributed by atoms with van der Waals surface area (Å²) in [5.41, 5.74) is 3.69. The summed E-state index contributed by atoms with van der Waals surface area (Å²) in [6.45, 7) is 2.36. The van der Waals surface area contributed by atoms with Crippen molar-refractivity contribution in [2.75, 3.05) is 18.6 Å². The van der Waals surface area contributed by atoms with Gasteiger partial charge in [0.25, 0.3) is 5.91 Å². The van der Waals surface area contributed by atoms with E-state index in [1.165, 1.54) is 16.7 Å². The van der Waals surface area contributed by atoms with Crippen LogP contribution in [0.2, 0.25) is 0 Å². The summed E-state index contributed by atoms with van der Waals surface area (Å²) in [6, 6.07) is 26.9. The van der Waals surface area contributed by atoms with Crippen molar-refractivity contribution in [2.45, 2.75) is 25.0 Å². The molecule has 1 atom stereocenters. The van der Waals surface area contributed by atoms with Gasteiger partial charge in [-0.3, -0.25) is 14.5 Å². The molecule has 1 aliphatic rings. The van der Waals surface area contributed by atoms with Crippen LogP contribution in [0.5, 0.6) is 5.75 Å². The van der Waals surface area contributed by atoms with Crippen LogP contribution >= 0.6 is 11.8 Å². The largest absolute Gasteiger partial charge is 0.497 e. The van der Waals surface area contributed by atoms with E-state index in [1.807, 2.05) is 85.8 Å². The Morgan fingerprint density at radius 2 is 1.72 bits per heavy atom. The first-order valence-electron chi connectivity index (χ1n) is 11.7. The number of benzene rings is 3. The summed E-state index contributed by atoms with van der Waals surface area (Å²) in [6.07, 6.45) is 1.11. The number of ether oxygens (including phenoxy) is 1. The average Bonchev–Trinajstić information content (AvgIpc) is 3.21. The van der Waals surface area contributed by atoms with Crippen LogP contribution in [-0.4, -0.2) is 30.7 Å². The fourth-order valence-electron chi connectivity index (χ4n) is 3.94.